The number of aromatic nitrogens is 2. The lowest BCUT2D eigenvalue weighted by Crippen LogP contribution is -2.02. The molecule has 3 rings (SSSR count). The van der Waals surface area contributed by atoms with Crippen LogP contribution >= 0.6 is 23.1 Å². The molecule has 21 heavy (non-hydrogen) atoms. The molecular formula is C15H11FN2OS2. The first-order chi connectivity index (χ1) is 10.1. The van der Waals surface area contributed by atoms with Gasteiger partial charge in [-0.2, -0.15) is 0 Å². The molecule has 6 heteroatoms. The average Bonchev–Trinajstić information content (AvgIpc) is 2.86. The van der Waals surface area contributed by atoms with E-state index in [1.807, 2.05) is 13.0 Å². The van der Waals surface area contributed by atoms with Gasteiger partial charge in [0.15, 0.2) is 5.78 Å². The van der Waals surface area contributed by atoms with Gasteiger partial charge < -0.3 is 0 Å². The minimum Gasteiger partial charge on any atom is -0.293 e. The summed E-state index contributed by atoms with van der Waals surface area (Å²) < 4.78 is 12.8. The second kappa shape index (κ2) is 5.91. The summed E-state index contributed by atoms with van der Waals surface area (Å²) in [6, 6.07) is 7.63. The van der Waals surface area contributed by atoms with Crippen molar-refractivity contribution in [3.63, 3.8) is 0 Å². The Labute approximate surface area is 129 Å². The number of nitrogens with zero attached hydrogens (tertiary/aromatic N) is 2. The van der Waals surface area contributed by atoms with Gasteiger partial charge in [0.2, 0.25) is 0 Å². The van der Waals surface area contributed by atoms with Crippen LogP contribution in [0.15, 0.2) is 41.7 Å². The molecule has 0 saturated carbocycles. The van der Waals surface area contributed by atoms with E-state index in [1.165, 1.54) is 42.4 Å². The van der Waals surface area contributed by atoms with Crippen LogP contribution in [0.2, 0.25) is 0 Å². The summed E-state index contributed by atoms with van der Waals surface area (Å²) in [7, 11) is 0. The van der Waals surface area contributed by atoms with Crippen LogP contribution in [0.25, 0.3) is 10.2 Å². The summed E-state index contributed by atoms with van der Waals surface area (Å²) in [5.41, 5.74) is 0.510. The Morgan fingerprint density at radius 1 is 1.29 bits per heavy atom. The summed E-state index contributed by atoms with van der Waals surface area (Å²) >= 11 is 2.99. The maximum atomic E-state index is 12.8. The molecule has 0 spiro atoms. The van der Waals surface area contributed by atoms with Gasteiger partial charge in [0.05, 0.1) is 5.75 Å². The van der Waals surface area contributed by atoms with Gasteiger partial charge in [0.1, 0.15) is 22.0 Å². The molecule has 0 saturated heterocycles. The van der Waals surface area contributed by atoms with Gasteiger partial charge in [-0.1, -0.05) is 11.8 Å². The predicted molar refractivity (Wildman–Crippen MR) is 83.6 cm³/mol. The number of carbonyl (C=O) groups is 1. The molecule has 0 fully saturated rings. The minimum atomic E-state index is -0.342. The molecule has 0 amide bonds. The predicted octanol–water partition coefficient (Wildman–Crippen LogP) is 4.11. The van der Waals surface area contributed by atoms with Crippen molar-refractivity contribution in [3.8, 4) is 0 Å². The van der Waals surface area contributed by atoms with Crippen LogP contribution in [0.1, 0.15) is 15.2 Å². The Morgan fingerprint density at radius 2 is 2.05 bits per heavy atom. The van der Waals surface area contributed by atoms with E-state index in [4.69, 9.17) is 0 Å². The Balaban J connectivity index is 1.77. The maximum Gasteiger partial charge on any atom is 0.173 e. The zero-order valence-corrected chi connectivity index (χ0v) is 12.8. The third-order valence-electron chi connectivity index (χ3n) is 2.92. The van der Waals surface area contributed by atoms with E-state index >= 15 is 0 Å². The van der Waals surface area contributed by atoms with Gasteiger partial charge in [0, 0.05) is 15.8 Å². The fourth-order valence-electron chi connectivity index (χ4n) is 1.92. The zero-order valence-electron chi connectivity index (χ0n) is 11.2. The Kier molecular flexibility index (Phi) is 3.98. The number of halogens is 1. The van der Waals surface area contributed by atoms with Crippen LogP contribution in [0, 0.1) is 12.7 Å². The number of fused-ring (bicyclic) bond motifs is 1. The summed E-state index contributed by atoms with van der Waals surface area (Å²) in [5.74, 6) is -0.115. The van der Waals surface area contributed by atoms with Gasteiger partial charge in [-0.3, -0.25) is 4.79 Å². The lowest BCUT2D eigenvalue weighted by Gasteiger charge is -2.02. The van der Waals surface area contributed by atoms with Crippen molar-refractivity contribution in [1.82, 2.24) is 9.97 Å². The van der Waals surface area contributed by atoms with Crippen LogP contribution in [0.4, 0.5) is 4.39 Å². The summed E-state index contributed by atoms with van der Waals surface area (Å²) in [5, 5.41) is 1.79. The number of thiophene rings is 1. The minimum absolute atomic E-state index is 0.0429. The van der Waals surface area contributed by atoms with Gasteiger partial charge in [-0.25, -0.2) is 14.4 Å². The number of hydrogen-bond acceptors (Lipinski definition) is 5. The normalized spacial score (nSPS) is 11.0. The van der Waals surface area contributed by atoms with Crippen molar-refractivity contribution in [3.05, 3.63) is 52.9 Å². The van der Waals surface area contributed by atoms with E-state index in [0.29, 0.717) is 5.56 Å². The molecule has 0 aliphatic heterocycles. The van der Waals surface area contributed by atoms with Crippen molar-refractivity contribution >= 4 is 39.1 Å². The number of ketones is 1. The Hall–Kier alpha value is -1.79. The first-order valence-electron chi connectivity index (χ1n) is 6.26. The quantitative estimate of drug-likeness (QED) is 0.412. The molecule has 0 atom stereocenters. The van der Waals surface area contributed by atoms with Crippen LogP contribution in [0.5, 0.6) is 0 Å². The fourth-order valence-corrected chi connectivity index (χ4v) is 3.70. The molecule has 3 nitrogen and oxygen atoms in total. The van der Waals surface area contributed by atoms with E-state index in [2.05, 4.69) is 9.97 Å². The number of benzene rings is 1. The highest BCUT2D eigenvalue weighted by Crippen LogP contribution is 2.30. The number of carbonyl (C=O) groups excluding carboxylic acids is 1. The average molecular weight is 318 g/mol. The first-order valence-corrected chi connectivity index (χ1v) is 8.06. The lowest BCUT2D eigenvalue weighted by molar-refractivity contribution is 0.102. The van der Waals surface area contributed by atoms with Crippen molar-refractivity contribution in [2.75, 3.05) is 5.75 Å². The highest BCUT2D eigenvalue weighted by atomic mass is 32.2. The third-order valence-corrected chi connectivity index (χ3v) is 4.89. The monoisotopic (exact) mass is 318 g/mol. The molecule has 0 aliphatic carbocycles. The fraction of sp³-hybridized carbons (Fsp3) is 0.133. The molecule has 0 unspecified atom stereocenters. The molecule has 1 aromatic carbocycles. The molecule has 106 valence electrons. The number of aryl methyl sites for hydroxylation is 1. The van der Waals surface area contributed by atoms with E-state index in [-0.39, 0.29) is 17.4 Å². The van der Waals surface area contributed by atoms with Crippen LogP contribution < -0.4 is 0 Å². The highest BCUT2D eigenvalue weighted by molar-refractivity contribution is 8.00. The summed E-state index contributed by atoms with van der Waals surface area (Å²) in [4.78, 5) is 22.7. The molecular weight excluding hydrogens is 307 g/mol. The number of hydrogen-bond donors (Lipinski definition) is 0. The van der Waals surface area contributed by atoms with Gasteiger partial charge in [-0.15, -0.1) is 11.3 Å². The molecule has 3 aromatic rings. The number of Topliss-reactive ketones (excluding diaryl/α,β-unsaturated/α-hetero) is 1. The molecule has 0 aliphatic rings. The molecule has 0 radical (unpaired) electrons. The van der Waals surface area contributed by atoms with Gasteiger partial charge >= 0.3 is 0 Å². The maximum absolute atomic E-state index is 12.8. The first kappa shape index (κ1) is 14.2. The third kappa shape index (κ3) is 3.11. The van der Waals surface area contributed by atoms with E-state index in [9.17, 15) is 9.18 Å². The largest absolute Gasteiger partial charge is 0.293 e. The van der Waals surface area contributed by atoms with E-state index in [0.717, 1.165) is 20.1 Å². The Morgan fingerprint density at radius 3 is 2.81 bits per heavy atom. The Bertz CT molecular complexity index is 799. The van der Waals surface area contributed by atoms with Gasteiger partial charge in [-0.05, 0) is 37.3 Å². The molecule has 0 N–H and O–H groups in total. The van der Waals surface area contributed by atoms with E-state index in [1.54, 1.807) is 11.3 Å². The van der Waals surface area contributed by atoms with E-state index < -0.39 is 0 Å². The van der Waals surface area contributed by atoms with Crippen molar-refractivity contribution in [2.45, 2.75) is 11.9 Å². The smallest absolute Gasteiger partial charge is 0.173 e. The second-order valence-electron chi connectivity index (χ2n) is 4.47. The second-order valence-corrected chi connectivity index (χ2v) is 6.67. The summed E-state index contributed by atoms with van der Waals surface area (Å²) in [6.07, 6.45) is 1.52. The molecule has 0 bridgehead atoms. The van der Waals surface area contributed by atoms with Gasteiger partial charge in [0.25, 0.3) is 0 Å². The van der Waals surface area contributed by atoms with Crippen molar-refractivity contribution in [2.24, 2.45) is 0 Å². The van der Waals surface area contributed by atoms with Crippen LogP contribution in [0.3, 0.4) is 0 Å². The number of rotatable bonds is 4. The zero-order chi connectivity index (χ0) is 14.8. The van der Waals surface area contributed by atoms with Crippen LogP contribution in [-0.2, 0) is 0 Å². The SMILES string of the molecule is Cc1cc2c(SCC(=O)c3ccc(F)cc3)ncnc2s1. The number of thioether (sulfide) groups is 1. The lowest BCUT2D eigenvalue weighted by atomic mass is 10.1. The molecule has 2 aromatic heterocycles. The van der Waals surface area contributed by atoms with Crippen LogP contribution in [-0.4, -0.2) is 21.5 Å². The van der Waals surface area contributed by atoms with Crippen molar-refractivity contribution < 1.29 is 9.18 Å². The van der Waals surface area contributed by atoms with Crippen molar-refractivity contribution in [1.29, 1.82) is 0 Å². The standard InChI is InChI=1S/C15H11FN2OS2/c1-9-6-12-14(17-8-18-15(12)21-9)20-7-13(19)10-2-4-11(16)5-3-10/h2-6,8H,7H2,1H3. The topological polar surface area (TPSA) is 42.9 Å². The molecule has 2 heterocycles. The summed E-state index contributed by atoms with van der Waals surface area (Å²) in [6.45, 7) is 2.02. The highest BCUT2D eigenvalue weighted by Gasteiger charge is 2.11.